The van der Waals surface area contributed by atoms with Crippen molar-refractivity contribution in [3.63, 3.8) is 0 Å². The van der Waals surface area contributed by atoms with Crippen LogP contribution >= 0.6 is 23.2 Å². The lowest BCUT2D eigenvalue weighted by atomic mass is 10.2. The van der Waals surface area contributed by atoms with Crippen LogP contribution in [0.4, 0.5) is 0 Å². The molecule has 1 aliphatic rings. The molecular weight excluding hydrogens is 367 g/mol. The number of amides is 3. The molecule has 0 saturated carbocycles. The summed E-state index contributed by atoms with van der Waals surface area (Å²) in [4.78, 5) is 35.5. The van der Waals surface area contributed by atoms with E-state index < -0.39 is 11.8 Å². The summed E-state index contributed by atoms with van der Waals surface area (Å²) in [5, 5.41) is 7.37. The Bertz CT molecular complexity index is 648. The van der Waals surface area contributed by atoms with Crippen LogP contribution in [0.15, 0.2) is 18.2 Å². The Labute approximate surface area is 156 Å². The fraction of sp³-hybridized carbons (Fsp3) is 0.438. The summed E-state index contributed by atoms with van der Waals surface area (Å²) < 4.78 is 0. The van der Waals surface area contributed by atoms with E-state index in [4.69, 9.17) is 23.2 Å². The van der Waals surface area contributed by atoms with Gasteiger partial charge in [-0.05, 0) is 31.0 Å². The Hall–Kier alpha value is -1.83. The molecule has 1 heterocycles. The Balaban J connectivity index is 1.69. The third-order valence-electron chi connectivity index (χ3n) is 3.67. The first kappa shape index (κ1) is 19.5. The van der Waals surface area contributed by atoms with Gasteiger partial charge in [0, 0.05) is 18.1 Å². The first-order valence-corrected chi connectivity index (χ1v) is 8.75. The first-order chi connectivity index (χ1) is 12.0. The predicted octanol–water partition coefficient (Wildman–Crippen LogP) is 1.36. The highest BCUT2D eigenvalue weighted by molar-refractivity contribution is 6.36. The zero-order valence-corrected chi connectivity index (χ0v) is 15.1. The zero-order chi connectivity index (χ0) is 18.2. The Morgan fingerprint density at radius 2 is 1.64 bits per heavy atom. The summed E-state index contributed by atoms with van der Waals surface area (Å²) in [6.45, 7) is 1.23. The average Bonchev–Trinajstić information content (AvgIpc) is 2.58. The van der Waals surface area contributed by atoms with E-state index in [2.05, 4.69) is 16.1 Å². The van der Waals surface area contributed by atoms with Crippen LogP contribution in [-0.2, 0) is 9.59 Å². The molecule has 1 aromatic carbocycles. The summed E-state index contributed by atoms with van der Waals surface area (Å²) in [6.07, 6.45) is 3.26. The molecule has 25 heavy (non-hydrogen) atoms. The van der Waals surface area contributed by atoms with Gasteiger partial charge in [0.15, 0.2) is 0 Å². The standard InChI is InChI=1S/C16H20Cl2N4O3/c17-11-4-5-12(13(18)8-11)16(25)20-9-14(23)19-10-15(24)21-22-6-2-1-3-7-22/h4-5,8H,1-3,6-7,9-10H2,(H,19,23)(H,20,25)(H,21,24). The SMILES string of the molecule is O=C(CNC(=O)c1ccc(Cl)cc1Cl)NCC(=O)NN1CCCCC1. The lowest BCUT2D eigenvalue weighted by molar-refractivity contribution is -0.128. The second-order valence-electron chi connectivity index (χ2n) is 5.67. The number of carbonyl (C=O) groups excluding carboxylic acids is 3. The van der Waals surface area contributed by atoms with Crippen molar-refractivity contribution in [2.24, 2.45) is 0 Å². The van der Waals surface area contributed by atoms with Crippen LogP contribution in [-0.4, -0.2) is 48.9 Å². The maximum atomic E-state index is 12.0. The Morgan fingerprint density at radius 1 is 0.960 bits per heavy atom. The van der Waals surface area contributed by atoms with Crippen molar-refractivity contribution in [1.82, 2.24) is 21.1 Å². The summed E-state index contributed by atoms with van der Waals surface area (Å²) >= 11 is 11.7. The number of piperidine rings is 1. The summed E-state index contributed by atoms with van der Waals surface area (Å²) in [7, 11) is 0. The molecule has 7 nitrogen and oxygen atoms in total. The van der Waals surface area contributed by atoms with E-state index >= 15 is 0 Å². The van der Waals surface area contributed by atoms with Gasteiger partial charge in [-0.1, -0.05) is 29.6 Å². The molecule has 3 N–H and O–H groups in total. The normalized spacial score (nSPS) is 14.6. The van der Waals surface area contributed by atoms with Crippen molar-refractivity contribution in [3.05, 3.63) is 33.8 Å². The number of hydrogen-bond acceptors (Lipinski definition) is 4. The number of nitrogens with one attached hydrogen (secondary N) is 3. The molecule has 0 aliphatic carbocycles. The number of hydrogen-bond donors (Lipinski definition) is 3. The number of nitrogens with zero attached hydrogens (tertiary/aromatic N) is 1. The molecule has 136 valence electrons. The number of benzene rings is 1. The van der Waals surface area contributed by atoms with E-state index in [1.807, 2.05) is 5.01 Å². The van der Waals surface area contributed by atoms with Crippen molar-refractivity contribution >= 4 is 40.9 Å². The van der Waals surface area contributed by atoms with Crippen LogP contribution in [0.1, 0.15) is 29.6 Å². The third-order valence-corrected chi connectivity index (χ3v) is 4.22. The highest BCUT2D eigenvalue weighted by Gasteiger charge is 2.14. The molecule has 0 bridgehead atoms. The van der Waals surface area contributed by atoms with Gasteiger partial charge in [-0.15, -0.1) is 0 Å². The molecule has 0 atom stereocenters. The minimum absolute atomic E-state index is 0.146. The Morgan fingerprint density at radius 3 is 2.32 bits per heavy atom. The number of halogens is 2. The lowest BCUT2D eigenvalue weighted by Gasteiger charge is -2.26. The van der Waals surface area contributed by atoms with Gasteiger partial charge in [-0.2, -0.15) is 0 Å². The van der Waals surface area contributed by atoms with E-state index in [0.29, 0.717) is 5.02 Å². The third kappa shape index (κ3) is 6.53. The second kappa shape index (κ2) is 9.60. The topological polar surface area (TPSA) is 90.5 Å². The van der Waals surface area contributed by atoms with Crippen LogP contribution in [0.3, 0.4) is 0 Å². The van der Waals surface area contributed by atoms with Gasteiger partial charge in [0.1, 0.15) is 0 Å². The lowest BCUT2D eigenvalue weighted by Crippen LogP contribution is -2.49. The number of rotatable bonds is 6. The highest BCUT2D eigenvalue weighted by Crippen LogP contribution is 2.20. The molecule has 0 spiro atoms. The quantitative estimate of drug-likeness (QED) is 0.688. The van der Waals surface area contributed by atoms with Gasteiger partial charge in [0.2, 0.25) is 5.91 Å². The minimum atomic E-state index is -0.491. The van der Waals surface area contributed by atoms with Gasteiger partial charge in [-0.3, -0.25) is 19.8 Å². The average molecular weight is 387 g/mol. The Kier molecular flexibility index (Phi) is 7.49. The number of hydrazine groups is 1. The van der Waals surface area contributed by atoms with Crippen LogP contribution in [0.2, 0.25) is 10.0 Å². The largest absolute Gasteiger partial charge is 0.345 e. The van der Waals surface area contributed by atoms with Crippen molar-refractivity contribution < 1.29 is 14.4 Å². The monoisotopic (exact) mass is 386 g/mol. The summed E-state index contributed by atoms with van der Waals surface area (Å²) in [5.41, 5.74) is 2.96. The molecular formula is C16H20Cl2N4O3. The molecule has 0 unspecified atom stereocenters. The van der Waals surface area contributed by atoms with Crippen molar-refractivity contribution in [3.8, 4) is 0 Å². The zero-order valence-electron chi connectivity index (χ0n) is 13.6. The summed E-state index contributed by atoms with van der Waals surface area (Å²) in [5.74, 6) is -1.25. The molecule has 1 fully saturated rings. The van der Waals surface area contributed by atoms with Crippen molar-refractivity contribution in [1.29, 1.82) is 0 Å². The van der Waals surface area contributed by atoms with Gasteiger partial charge < -0.3 is 10.6 Å². The molecule has 2 rings (SSSR count). The smallest absolute Gasteiger partial charge is 0.253 e. The van der Waals surface area contributed by atoms with Crippen LogP contribution in [0.25, 0.3) is 0 Å². The fourth-order valence-corrected chi connectivity index (χ4v) is 2.89. The molecule has 1 aliphatic heterocycles. The number of carbonyl (C=O) groups is 3. The highest BCUT2D eigenvalue weighted by atomic mass is 35.5. The maximum absolute atomic E-state index is 12.0. The van der Waals surface area contributed by atoms with Gasteiger partial charge >= 0.3 is 0 Å². The maximum Gasteiger partial charge on any atom is 0.253 e. The minimum Gasteiger partial charge on any atom is -0.345 e. The van der Waals surface area contributed by atoms with Crippen molar-refractivity contribution in [2.45, 2.75) is 19.3 Å². The van der Waals surface area contributed by atoms with Gasteiger partial charge in [0.25, 0.3) is 11.8 Å². The van der Waals surface area contributed by atoms with Gasteiger partial charge in [0.05, 0.1) is 23.7 Å². The molecule has 3 amide bonds. The first-order valence-electron chi connectivity index (χ1n) is 8.00. The second-order valence-corrected chi connectivity index (χ2v) is 6.51. The predicted molar refractivity (Wildman–Crippen MR) is 95.4 cm³/mol. The van der Waals surface area contributed by atoms with Crippen LogP contribution in [0, 0.1) is 0 Å². The molecule has 0 radical (unpaired) electrons. The van der Waals surface area contributed by atoms with E-state index in [-0.39, 0.29) is 29.6 Å². The van der Waals surface area contributed by atoms with E-state index in [0.717, 1.165) is 25.9 Å². The van der Waals surface area contributed by atoms with Crippen LogP contribution < -0.4 is 16.1 Å². The van der Waals surface area contributed by atoms with Gasteiger partial charge in [-0.25, -0.2) is 5.01 Å². The molecule has 9 heteroatoms. The molecule has 1 aromatic rings. The molecule has 1 saturated heterocycles. The summed E-state index contributed by atoms with van der Waals surface area (Å²) in [6, 6.07) is 4.46. The van der Waals surface area contributed by atoms with Crippen LogP contribution in [0.5, 0.6) is 0 Å². The van der Waals surface area contributed by atoms with E-state index in [1.165, 1.54) is 24.6 Å². The van der Waals surface area contributed by atoms with E-state index in [9.17, 15) is 14.4 Å². The molecule has 0 aromatic heterocycles. The van der Waals surface area contributed by atoms with E-state index in [1.54, 1.807) is 0 Å². The van der Waals surface area contributed by atoms with Crippen molar-refractivity contribution in [2.75, 3.05) is 26.2 Å². The fourth-order valence-electron chi connectivity index (χ4n) is 2.39.